The molecule has 5 heteroatoms. The van der Waals surface area contributed by atoms with E-state index in [2.05, 4.69) is 0 Å². The van der Waals surface area contributed by atoms with Gasteiger partial charge in [-0.2, -0.15) is 0 Å². The van der Waals surface area contributed by atoms with E-state index < -0.39 is 11.4 Å². The lowest BCUT2D eigenvalue weighted by Gasteiger charge is -2.24. The van der Waals surface area contributed by atoms with Gasteiger partial charge in [-0.05, 0) is 26.2 Å². The van der Waals surface area contributed by atoms with E-state index in [0.29, 0.717) is 0 Å². The molecule has 2 rings (SSSR count). The van der Waals surface area contributed by atoms with Crippen molar-refractivity contribution < 1.29 is 14.3 Å². The average molecular weight is 263 g/mol. The van der Waals surface area contributed by atoms with E-state index in [0.717, 1.165) is 25.9 Å². The molecule has 1 N–H and O–H groups in total. The van der Waals surface area contributed by atoms with Crippen LogP contribution in [0.3, 0.4) is 0 Å². The Morgan fingerprint density at radius 3 is 2.68 bits per heavy atom. The maximum Gasteiger partial charge on any atom is 0.351 e. The van der Waals surface area contributed by atoms with Crippen LogP contribution in [0.4, 0.5) is 0 Å². The van der Waals surface area contributed by atoms with Gasteiger partial charge >= 0.3 is 5.63 Å². The summed E-state index contributed by atoms with van der Waals surface area (Å²) in [7, 11) is 0. The van der Waals surface area contributed by atoms with Gasteiger partial charge in [-0.25, -0.2) is 4.79 Å². The Labute approximate surface area is 111 Å². The number of allylic oxidation sites excluding steroid dienone is 1. The minimum atomic E-state index is -0.800. The Morgan fingerprint density at radius 1 is 1.37 bits per heavy atom. The van der Waals surface area contributed by atoms with Crippen molar-refractivity contribution >= 4 is 5.78 Å². The van der Waals surface area contributed by atoms with Gasteiger partial charge in [-0.15, -0.1) is 0 Å². The summed E-state index contributed by atoms with van der Waals surface area (Å²) in [6.45, 7) is 3.37. The van der Waals surface area contributed by atoms with Crippen LogP contribution < -0.4 is 5.63 Å². The summed E-state index contributed by atoms with van der Waals surface area (Å²) in [6, 6.07) is 1.27. The summed E-state index contributed by atoms with van der Waals surface area (Å²) in [4.78, 5) is 25.5. The first kappa shape index (κ1) is 13.4. The molecule has 0 aromatic carbocycles. The highest BCUT2D eigenvalue weighted by Gasteiger charge is 2.16. The Kier molecular flexibility index (Phi) is 4.04. The van der Waals surface area contributed by atoms with Crippen molar-refractivity contribution in [1.82, 2.24) is 4.90 Å². The number of ketones is 1. The van der Waals surface area contributed by atoms with E-state index in [4.69, 9.17) is 4.42 Å². The molecule has 0 bridgehead atoms. The molecule has 0 atom stereocenters. The van der Waals surface area contributed by atoms with Gasteiger partial charge in [-0.3, -0.25) is 4.79 Å². The molecular weight excluding hydrogens is 246 g/mol. The smallest absolute Gasteiger partial charge is 0.351 e. The highest BCUT2D eigenvalue weighted by molar-refractivity contribution is 6.05. The van der Waals surface area contributed by atoms with Gasteiger partial charge in [0.25, 0.3) is 0 Å². The summed E-state index contributed by atoms with van der Waals surface area (Å²) in [5, 5.41) is 9.65. The molecule has 0 unspecified atom stereocenters. The molecule has 1 aromatic rings. The summed E-state index contributed by atoms with van der Waals surface area (Å²) >= 11 is 0. The quantitative estimate of drug-likeness (QED) is 0.665. The second kappa shape index (κ2) is 5.73. The number of aromatic hydroxyl groups is 1. The number of carbonyl (C=O) groups is 1. The average Bonchev–Trinajstić information content (AvgIpc) is 2.36. The third-order valence-corrected chi connectivity index (χ3v) is 3.13. The molecule has 5 nitrogen and oxygen atoms in total. The van der Waals surface area contributed by atoms with E-state index in [-0.39, 0.29) is 17.1 Å². The lowest BCUT2D eigenvalue weighted by molar-refractivity contribution is 0.103. The second-order valence-corrected chi connectivity index (χ2v) is 4.68. The van der Waals surface area contributed by atoms with Crippen molar-refractivity contribution in [2.45, 2.75) is 26.2 Å². The molecule has 2 heterocycles. The maximum absolute atomic E-state index is 11.9. The zero-order valence-corrected chi connectivity index (χ0v) is 10.9. The molecule has 1 saturated heterocycles. The molecular formula is C14H17NO4. The van der Waals surface area contributed by atoms with Crippen molar-refractivity contribution in [3.05, 3.63) is 40.1 Å². The van der Waals surface area contributed by atoms with E-state index in [1.807, 2.05) is 4.90 Å². The fourth-order valence-corrected chi connectivity index (χ4v) is 2.15. The predicted molar refractivity (Wildman–Crippen MR) is 70.3 cm³/mol. The second-order valence-electron chi connectivity index (χ2n) is 4.68. The standard InChI is InChI=1S/C14H17NO4/c1-10-9-12(17)13(14(18)19-10)11(16)5-8-15-6-3-2-4-7-15/h5,8-9,17H,2-4,6-7H2,1H3. The zero-order chi connectivity index (χ0) is 13.8. The molecule has 0 aliphatic carbocycles. The molecule has 1 aromatic heterocycles. The molecule has 102 valence electrons. The van der Waals surface area contributed by atoms with Gasteiger partial charge in [0.2, 0.25) is 0 Å². The van der Waals surface area contributed by atoms with Crippen LogP contribution in [0, 0.1) is 6.92 Å². The summed E-state index contributed by atoms with van der Waals surface area (Å²) in [6.07, 6.45) is 6.42. The van der Waals surface area contributed by atoms with Gasteiger partial charge < -0.3 is 14.4 Å². The number of carbonyl (C=O) groups excluding carboxylic acids is 1. The Balaban J connectivity index is 2.16. The van der Waals surface area contributed by atoms with Crippen LogP contribution in [-0.2, 0) is 0 Å². The zero-order valence-electron chi connectivity index (χ0n) is 10.9. The fraction of sp³-hybridized carbons (Fsp3) is 0.429. The molecule has 1 fully saturated rings. The number of nitrogens with zero attached hydrogens (tertiary/aromatic N) is 1. The SMILES string of the molecule is Cc1cc(O)c(C(=O)C=CN2CCCCC2)c(=O)o1. The van der Waals surface area contributed by atoms with Crippen LogP contribution in [0.2, 0.25) is 0 Å². The molecule has 1 aliphatic rings. The molecule has 0 saturated carbocycles. The van der Waals surface area contributed by atoms with Crippen molar-refractivity contribution in [2.75, 3.05) is 13.1 Å². The molecule has 0 amide bonds. The van der Waals surface area contributed by atoms with Crippen molar-refractivity contribution in [1.29, 1.82) is 0 Å². The molecule has 19 heavy (non-hydrogen) atoms. The van der Waals surface area contributed by atoms with E-state index in [1.165, 1.54) is 18.6 Å². The fourth-order valence-electron chi connectivity index (χ4n) is 2.15. The molecule has 0 spiro atoms. The third-order valence-electron chi connectivity index (χ3n) is 3.13. The van der Waals surface area contributed by atoms with Crippen LogP contribution in [0.15, 0.2) is 27.6 Å². The predicted octanol–water partition coefficient (Wildman–Crippen LogP) is 1.84. The first-order valence-corrected chi connectivity index (χ1v) is 6.38. The highest BCUT2D eigenvalue weighted by Crippen LogP contribution is 2.16. The first-order chi connectivity index (χ1) is 9.08. The van der Waals surface area contributed by atoms with Gasteiger partial charge in [0.1, 0.15) is 17.1 Å². The summed E-state index contributed by atoms with van der Waals surface area (Å²) in [5.74, 6) is -0.585. The van der Waals surface area contributed by atoms with Crippen LogP contribution in [-0.4, -0.2) is 28.9 Å². The number of aryl methyl sites for hydroxylation is 1. The summed E-state index contributed by atoms with van der Waals surface area (Å²) in [5.41, 5.74) is -1.11. The van der Waals surface area contributed by atoms with Crippen molar-refractivity contribution in [2.24, 2.45) is 0 Å². The normalized spacial score (nSPS) is 15.9. The third kappa shape index (κ3) is 3.24. The number of hydrogen-bond donors (Lipinski definition) is 1. The largest absolute Gasteiger partial charge is 0.507 e. The van der Waals surface area contributed by atoms with E-state index in [9.17, 15) is 14.7 Å². The minimum Gasteiger partial charge on any atom is -0.507 e. The van der Waals surface area contributed by atoms with Crippen molar-refractivity contribution in [3.63, 3.8) is 0 Å². The van der Waals surface area contributed by atoms with Gasteiger partial charge in [0, 0.05) is 31.4 Å². The van der Waals surface area contributed by atoms with Gasteiger partial charge in [-0.1, -0.05) is 0 Å². The van der Waals surface area contributed by atoms with Crippen molar-refractivity contribution in [3.8, 4) is 5.75 Å². The Bertz CT molecular complexity index is 553. The number of rotatable bonds is 3. The Hall–Kier alpha value is -2.04. The van der Waals surface area contributed by atoms with Crippen LogP contribution in [0.25, 0.3) is 0 Å². The van der Waals surface area contributed by atoms with E-state index >= 15 is 0 Å². The number of likely N-dealkylation sites (tertiary alicyclic amines) is 1. The monoisotopic (exact) mass is 263 g/mol. The lowest BCUT2D eigenvalue weighted by Crippen LogP contribution is -2.24. The van der Waals surface area contributed by atoms with Gasteiger partial charge in [0.15, 0.2) is 5.78 Å². The maximum atomic E-state index is 11.9. The lowest BCUT2D eigenvalue weighted by atomic mass is 10.1. The van der Waals surface area contributed by atoms with Crippen LogP contribution in [0.1, 0.15) is 35.4 Å². The topological polar surface area (TPSA) is 70.8 Å². The van der Waals surface area contributed by atoms with Crippen LogP contribution >= 0.6 is 0 Å². The Morgan fingerprint density at radius 2 is 2.05 bits per heavy atom. The molecule has 0 radical (unpaired) electrons. The van der Waals surface area contributed by atoms with E-state index in [1.54, 1.807) is 13.1 Å². The highest BCUT2D eigenvalue weighted by atomic mass is 16.4. The molecule has 1 aliphatic heterocycles. The van der Waals surface area contributed by atoms with Crippen LogP contribution in [0.5, 0.6) is 5.75 Å². The first-order valence-electron chi connectivity index (χ1n) is 6.38. The number of piperidine rings is 1. The number of hydrogen-bond acceptors (Lipinski definition) is 5. The summed E-state index contributed by atoms with van der Waals surface area (Å²) < 4.78 is 4.82. The minimum absolute atomic E-state index is 0.277. The van der Waals surface area contributed by atoms with Gasteiger partial charge in [0.05, 0.1) is 0 Å².